The van der Waals surface area contributed by atoms with Crippen LogP contribution in [0, 0.1) is 0 Å². The SMILES string of the molecule is CC(C)P(c1ccccc1Pc1ccccc1P(C(C)C)C(C)C)C(C)C. The fourth-order valence-corrected chi connectivity index (χ4v) is 12.1. The third kappa shape index (κ3) is 5.86. The molecule has 0 N–H and O–H groups in total. The zero-order valence-corrected chi connectivity index (χ0v) is 21.1. The molecule has 0 aliphatic rings. The summed E-state index contributed by atoms with van der Waals surface area (Å²) in [6.07, 6.45) is 0. The molecule has 0 aliphatic heterocycles. The second kappa shape index (κ2) is 10.5. The zero-order valence-electron chi connectivity index (χ0n) is 18.3. The molecule has 2 aromatic rings. The van der Waals surface area contributed by atoms with Crippen LogP contribution in [-0.4, -0.2) is 22.6 Å². The Morgan fingerprint density at radius 1 is 0.519 bits per heavy atom. The molecule has 0 saturated heterocycles. The van der Waals surface area contributed by atoms with Crippen molar-refractivity contribution in [3.05, 3.63) is 48.5 Å². The van der Waals surface area contributed by atoms with Crippen LogP contribution in [-0.2, 0) is 0 Å². The standard InChI is InChI=1S/C24H37P3/c1-17(2)26(18(3)4)23-15-11-9-13-21(23)25-22-14-10-12-16-24(22)27(19(5)6)20(7)8/h9-20,25H,1-8H3. The van der Waals surface area contributed by atoms with Gasteiger partial charge in [-0.3, -0.25) is 0 Å². The van der Waals surface area contributed by atoms with Crippen LogP contribution in [0.25, 0.3) is 0 Å². The van der Waals surface area contributed by atoms with Gasteiger partial charge in [-0.15, -0.1) is 0 Å². The molecular formula is C24H37P3. The summed E-state index contributed by atoms with van der Waals surface area (Å²) in [5.41, 5.74) is 2.91. The fourth-order valence-electron chi connectivity index (χ4n) is 4.06. The molecule has 0 radical (unpaired) electrons. The highest BCUT2D eigenvalue weighted by Crippen LogP contribution is 2.46. The van der Waals surface area contributed by atoms with E-state index >= 15 is 0 Å². The second-order valence-electron chi connectivity index (χ2n) is 8.35. The Morgan fingerprint density at radius 2 is 0.815 bits per heavy atom. The van der Waals surface area contributed by atoms with Crippen LogP contribution in [0.1, 0.15) is 55.4 Å². The van der Waals surface area contributed by atoms with Crippen molar-refractivity contribution >= 4 is 45.6 Å². The molecule has 0 saturated carbocycles. The lowest BCUT2D eigenvalue weighted by Gasteiger charge is -2.30. The average molecular weight is 418 g/mol. The monoisotopic (exact) mass is 418 g/mol. The van der Waals surface area contributed by atoms with Gasteiger partial charge in [-0.1, -0.05) is 128 Å². The summed E-state index contributed by atoms with van der Waals surface area (Å²) in [6, 6.07) is 18.5. The molecule has 0 nitrogen and oxygen atoms in total. The van der Waals surface area contributed by atoms with Gasteiger partial charge >= 0.3 is 0 Å². The van der Waals surface area contributed by atoms with E-state index < -0.39 is 0 Å². The van der Waals surface area contributed by atoms with Gasteiger partial charge in [0.15, 0.2) is 0 Å². The van der Waals surface area contributed by atoms with E-state index in [1.807, 2.05) is 0 Å². The third-order valence-electron chi connectivity index (χ3n) is 4.86. The molecule has 0 aliphatic carbocycles. The van der Waals surface area contributed by atoms with Crippen LogP contribution in [0.4, 0.5) is 0 Å². The average Bonchev–Trinajstić information content (AvgIpc) is 2.57. The van der Waals surface area contributed by atoms with Gasteiger partial charge in [-0.2, -0.15) is 0 Å². The van der Waals surface area contributed by atoms with Gasteiger partial charge in [-0.05, 0) is 43.9 Å². The summed E-state index contributed by atoms with van der Waals surface area (Å²) in [5.74, 6) is 0. The van der Waals surface area contributed by atoms with E-state index in [4.69, 9.17) is 0 Å². The predicted molar refractivity (Wildman–Crippen MR) is 134 cm³/mol. The lowest BCUT2D eigenvalue weighted by atomic mass is 10.4. The van der Waals surface area contributed by atoms with Gasteiger partial charge in [0.05, 0.1) is 0 Å². The molecule has 0 heterocycles. The highest BCUT2D eigenvalue weighted by molar-refractivity contribution is 7.72. The van der Waals surface area contributed by atoms with Crippen LogP contribution >= 0.6 is 24.4 Å². The third-order valence-corrected chi connectivity index (χ3v) is 13.0. The van der Waals surface area contributed by atoms with E-state index in [0.29, 0.717) is 0 Å². The van der Waals surface area contributed by atoms with Crippen molar-refractivity contribution in [3.63, 3.8) is 0 Å². The Bertz CT molecular complexity index is 642. The first-order chi connectivity index (χ1) is 12.7. The van der Waals surface area contributed by atoms with Crippen molar-refractivity contribution in [2.75, 3.05) is 0 Å². The van der Waals surface area contributed by atoms with E-state index in [0.717, 1.165) is 31.2 Å². The topological polar surface area (TPSA) is 0 Å². The molecule has 0 atom stereocenters. The van der Waals surface area contributed by atoms with Crippen LogP contribution in [0.2, 0.25) is 0 Å². The highest BCUT2D eigenvalue weighted by atomic mass is 31.1. The summed E-state index contributed by atoms with van der Waals surface area (Å²) in [4.78, 5) is 0. The van der Waals surface area contributed by atoms with E-state index in [9.17, 15) is 0 Å². The molecule has 0 spiro atoms. The first-order valence-electron chi connectivity index (χ1n) is 10.3. The van der Waals surface area contributed by atoms with Crippen LogP contribution < -0.4 is 21.2 Å². The summed E-state index contributed by atoms with van der Waals surface area (Å²) in [5, 5.41) is 6.40. The molecule has 0 unspecified atom stereocenters. The number of rotatable bonds is 8. The summed E-state index contributed by atoms with van der Waals surface area (Å²) < 4.78 is 0. The van der Waals surface area contributed by atoms with Crippen molar-refractivity contribution in [2.24, 2.45) is 0 Å². The second-order valence-corrected chi connectivity index (χ2v) is 16.4. The number of benzene rings is 2. The maximum Gasteiger partial charge on any atom is -0.0149 e. The number of hydrogen-bond acceptors (Lipinski definition) is 0. The quantitative estimate of drug-likeness (QED) is 0.450. The van der Waals surface area contributed by atoms with Crippen LogP contribution in [0.15, 0.2) is 48.5 Å². The summed E-state index contributed by atoms with van der Waals surface area (Å²) in [6.45, 7) is 19.2. The first kappa shape index (κ1) is 23.0. The largest absolute Gasteiger partial charge is 0.0694 e. The smallest absolute Gasteiger partial charge is 0.0149 e. The van der Waals surface area contributed by atoms with E-state index in [-0.39, 0.29) is 15.8 Å². The molecule has 2 rings (SSSR count). The molecule has 0 amide bonds. The fraction of sp³-hybridized carbons (Fsp3) is 0.500. The van der Waals surface area contributed by atoms with Crippen molar-refractivity contribution in [2.45, 2.75) is 78.0 Å². The van der Waals surface area contributed by atoms with E-state index in [1.54, 1.807) is 21.2 Å². The summed E-state index contributed by atoms with van der Waals surface area (Å²) in [7, 11) is 0.506. The van der Waals surface area contributed by atoms with Crippen LogP contribution in [0.3, 0.4) is 0 Å². The normalized spacial score (nSPS) is 12.4. The maximum atomic E-state index is 2.41. The highest BCUT2D eigenvalue weighted by Gasteiger charge is 2.24. The molecular weight excluding hydrogens is 381 g/mol. The molecule has 0 bridgehead atoms. The van der Waals surface area contributed by atoms with Gasteiger partial charge in [0.2, 0.25) is 0 Å². The van der Waals surface area contributed by atoms with Gasteiger partial charge < -0.3 is 0 Å². The van der Waals surface area contributed by atoms with Gasteiger partial charge in [-0.25, -0.2) is 0 Å². The van der Waals surface area contributed by atoms with E-state index in [2.05, 4.69) is 104 Å². The minimum atomic E-state index is -0.128. The van der Waals surface area contributed by atoms with Gasteiger partial charge in [0.1, 0.15) is 0 Å². The van der Waals surface area contributed by atoms with Crippen LogP contribution in [0.5, 0.6) is 0 Å². The lowest BCUT2D eigenvalue weighted by Crippen LogP contribution is -2.31. The predicted octanol–water partition coefficient (Wildman–Crippen LogP) is 6.16. The molecule has 3 heteroatoms. The Hall–Kier alpha value is -0.270. The van der Waals surface area contributed by atoms with Crippen molar-refractivity contribution < 1.29 is 0 Å². The Labute approximate surface area is 172 Å². The molecule has 0 aromatic heterocycles. The molecule has 27 heavy (non-hydrogen) atoms. The van der Waals surface area contributed by atoms with Crippen molar-refractivity contribution in [3.8, 4) is 0 Å². The van der Waals surface area contributed by atoms with Crippen molar-refractivity contribution in [1.29, 1.82) is 0 Å². The number of hydrogen-bond donors (Lipinski definition) is 0. The Morgan fingerprint density at radius 3 is 1.11 bits per heavy atom. The van der Waals surface area contributed by atoms with Crippen molar-refractivity contribution in [1.82, 2.24) is 0 Å². The Kier molecular flexibility index (Phi) is 8.94. The lowest BCUT2D eigenvalue weighted by molar-refractivity contribution is 1.02. The minimum absolute atomic E-state index is 0.128. The molecule has 2 aromatic carbocycles. The minimum Gasteiger partial charge on any atom is -0.0694 e. The molecule has 0 fully saturated rings. The van der Waals surface area contributed by atoms with Gasteiger partial charge in [0.25, 0.3) is 0 Å². The van der Waals surface area contributed by atoms with Gasteiger partial charge in [0, 0.05) is 0 Å². The zero-order chi connectivity index (χ0) is 20.1. The molecule has 148 valence electrons. The summed E-state index contributed by atoms with van der Waals surface area (Å²) >= 11 is 0. The Balaban J connectivity index is 2.48. The maximum absolute atomic E-state index is 2.41. The first-order valence-corrected chi connectivity index (χ1v) is 14.2. The van der Waals surface area contributed by atoms with E-state index in [1.165, 1.54) is 0 Å².